The fourth-order valence-electron chi connectivity index (χ4n) is 4.22. The molecule has 2 aromatic rings. The van der Waals surface area contributed by atoms with Crippen LogP contribution < -0.4 is 20.3 Å². The van der Waals surface area contributed by atoms with Crippen LogP contribution in [0.25, 0.3) is 0 Å². The lowest BCUT2D eigenvalue weighted by atomic mass is 10.1. The Hall–Kier alpha value is -3.95. The summed E-state index contributed by atoms with van der Waals surface area (Å²) in [4.78, 5) is 45.8. The molecule has 10 heteroatoms. The molecule has 2 heterocycles. The van der Waals surface area contributed by atoms with Crippen molar-refractivity contribution in [3.05, 3.63) is 66.7 Å². The Balaban J connectivity index is 1.57. The van der Waals surface area contributed by atoms with Gasteiger partial charge in [0.1, 0.15) is 25.1 Å². The van der Waals surface area contributed by atoms with Crippen LogP contribution in [0.2, 0.25) is 0 Å². The number of piperazine rings is 1. The molecule has 0 saturated carbocycles. The third kappa shape index (κ3) is 9.17. The maximum absolute atomic E-state index is 13.5. The van der Waals surface area contributed by atoms with Crippen molar-refractivity contribution in [1.82, 2.24) is 20.5 Å². The Morgan fingerprint density at radius 1 is 1.05 bits per heavy atom. The number of unbranched alkanes of at least 4 members (excludes halogenated alkanes) is 1. The van der Waals surface area contributed by atoms with E-state index in [1.807, 2.05) is 42.5 Å². The highest BCUT2D eigenvalue weighted by Crippen LogP contribution is 2.18. The summed E-state index contributed by atoms with van der Waals surface area (Å²) >= 11 is 0. The SMILES string of the molecule is C=CC(=O)NCCCC[C@H](NC(=O)Cc1ccccc1)C(=O)N1CCN(c2cccc(OCCF)n2)CC1. The van der Waals surface area contributed by atoms with E-state index in [4.69, 9.17) is 4.74 Å². The molecular formula is C28H36FN5O4. The maximum Gasteiger partial charge on any atom is 0.245 e. The minimum absolute atomic E-state index is 0.0449. The smallest absolute Gasteiger partial charge is 0.245 e. The molecule has 1 aliphatic heterocycles. The third-order valence-corrected chi connectivity index (χ3v) is 6.20. The van der Waals surface area contributed by atoms with Crippen molar-refractivity contribution in [1.29, 1.82) is 0 Å². The number of hydrogen-bond donors (Lipinski definition) is 2. The highest BCUT2D eigenvalue weighted by Gasteiger charge is 2.29. The topological polar surface area (TPSA) is 104 Å². The molecule has 2 N–H and O–H groups in total. The summed E-state index contributed by atoms with van der Waals surface area (Å²) < 4.78 is 17.7. The van der Waals surface area contributed by atoms with Crippen molar-refractivity contribution in [3.63, 3.8) is 0 Å². The molecule has 9 nitrogen and oxygen atoms in total. The second-order valence-electron chi connectivity index (χ2n) is 8.96. The number of ether oxygens (including phenoxy) is 1. The van der Waals surface area contributed by atoms with E-state index >= 15 is 0 Å². The lowest BCUT2D eigenvalue weighted by molar-refractivity contribution is -0.136. The summed E-state index contributed by atoms with van der Waals surface area (Å²) in [5.74, 6) is 0.518. The van der Waals surface area contributed by atoms with Gasteiger partial charge in [-0.2, -0.15) is 4.98 Å². The molecule has 38 heavy (non-hydrogen) atoms. The van der Waals surface area contributed by atoms with Crippen LogP contribution in [0.1, 0.15) is 24.8 Å². The van der Waals surface area contributed by atoms with Crippen LogP contribution in [0, 0.1) is 0 Å². The van der Waals surface area contributed by atoms with Crippen molar-refractivity contribution in [2.24, 2.45) is 0 Å². The van der Waals surface area contributed by atoms with E-state index in [1.54, 1.807) is 11.0 Å². The zero-order valence-electron chi connectivity index (χ0n) is 21.6. The first-order valence-electron chi connectivity index (χ1n) is 12.9. The van der Waals surface area contributed by atoms with Crippen LogP contribution in [-0.2, 0) is 20.8 Å². The Bertz CT molecular complexity index is 1060. The van der Waals surface area contributed by atoms with Gasteiger partial charge in [-0.25, -0.2) is 4.39 Å². The number of benzene rings is 1. The number of nitrogens with one attached hydrogen (secondary N) is 2. The first-order chi connectivity index (χ1) is 18.5. The van der Waals surface area contributed by atoms with Gasteiger partial charge in [0.05, 0.1) is 6.42 Å². The summed E-state index contributed by atoms with van der Waals surface area (Å²) in [5.41, 5.74) is 0.877. The molecule has 3 amide bonds. The first kappa shape index (κ1) is 28.6. The van der Waals surface area contributed by atoms with E-state index in [2.05, 4.69) is 27.1 Å². The maximum atomic E-state index is 13.5. The zero-order valence-corrected chi connectivity index (χ0v) is 21.6. The van der Waals surface area contributed by atoms with Gasteiger partial charge in [-0.1, -0.05) is 43.0 Å². The normalized spacial score (nSPS) is 13.9. The number of carbonyl (C=O) groups excluding carboxylic acids is 3. The molecule has 204 valence electrons. The Labute approximate surface area is 223 Å². The van der Waals surface area contributed by atoms with Gasteiger partial charge in [-0.05, 0) is 37.0 Å². The van der Waals surface area contributed by atoms with Gasteiger partial charge in [0.2, 0.25) is 23.6 Å². The number of aromatic nitrogens is 1. The van der Waals surface area contributed by atoms with E-state index in [1.165, 1.54) is 6.08 Å². The molecule has 0 aliphatic carbocycles. The van der Waals surface area contributed by atoms with Crippen LogP contribution >= 0.6 is 0 Å². The molecule has 1 aromatic heterocycles. The van der Waals surface area contributed by atoms with Gasteiger partial charge >= 0.3 is 0 Å². The van der Waals surface area contributed by atoms with E-state index in [9.17, 15) is 18.8 Å². The standard InChI is InChI=1S/C28H36FN5O4/c1-2-25(35)30-15-7-6-11-23(31-26(36)21-22-9-4-3-5-10-22)28(37)34-18-16-33(17-19-34)24-12-8-13-27(32-24)38-20-14-29/h2-5,8-10,12-13,23H,1,6-7,11,14-21H2,(H,30,35)(H,31,36)/t23-/m0/s1. The summed E-state index contributed by atoms with van der Waals surface area (Å²) in [6.45, 7) is 5.39. The van der Waals surface area contributed by atoms with Crippen LogP contribution in [0.15, 0.2) is 61.2 Å². The monoisotopic (exact) mass is 525 g/mol. The molecule has 0 unspecified atom stereocenters. The van der Waals surface area contributed by atoms with Crippen LogP contribution in [0.3, 0.4) is 0 Å². The lowest BCUT2D eigenvalue weighted by Gasteiger charge is -2.37. The predicted molar refractivity (Wildman–Crippen MR) is 144 cm³/mol. The number of carbonyl (C=O) groups is 3. The highest BCUT2D eigenvalue weighted by atomic mass is 19.1. The molecule has 1 aromatic carbocycles. The Kier molecular flexibility index (Phi) is 11.5. The van der Waals surface area contributed by atoms with Crippen molar-refractivity contribution in [2.75, 3.05) is 50.9 Å². The minimum atomic E-state index is -0.650. The second-order valence-corrected chi connectivity index (χ2v) is 8.96. The number of rotatable bonds is 14. The predicted octanol–water partition coefficient (Wildman–Crippen LogP) is 2.28. The van der Waals surface area contributed by atoms with Crippen molar-refractivity contribution < 1.29 is 23.5 Å². The lowest BCUT2D eigenvalue weighted by Crippen LogP contribution is -2.55. The van der Waals surface area contributed by atoms with E-state index in [0.717, 1.165) is 5.56 Å². The number of pyridine rings is 1. The number of alkyl halides is 1. The first-order valence-corrected chi connectivity index (χ1v) is 12.9. The number of hydrogen-bond acceptors (Lipinski definition) is 6. The molecule has 1 saturated heterocycles. The van der Waals surface area contributed by atoms with Gasteiger partial charge in [0.15, 0.2) is 0 Å². The third-order valence-electron chi connectivity index (χ3n) is 6.20. The fraction of sp³-hybridized carbons (Fsp3) is 0.429. The van der Waals surface area contributed by atoms with Gasteiger partial charge in [-0.15, -0.1) is 0 Å². The number of nitrogens with zero attached hydrogens (tertiary/aromatic N) is 3. The van der Waals surface area contributed by atoms with Gasteiger partial charge in [0, 0.05) is 38.8 Å². The second kappa shape index (κ2) is 15.3. The van der Waals surface area contributed by atoms with Gasteiger partial charge in [-0.3, -0.25) is 14.4 Å². The van der Waals surface area contributed by atoms with E-state index in [-0.39, 0.29) is 30.7 Å². The average molecular weight is 526 g/mol. The average Bonchev–Trinajstić information content (AvgIpc) is 2.95. The molecule has 0 bridgehead atoms. The Morgan fingerprint density at radius 2 is 1.82 bits per heavy atom. The number of amides is 3. The molecule has 0 spiro atoms. The molecular weight excluding hydrogens is 489 g/mol. The van der Waals surface area contributed by atoms with Crippen molar-refractivity contribution in [2.45, 2.75) is 31.7 Å². The largest absolute Gasteiger partial charge is 0.475 e. The zero-order chi connectivity index (χ0) is 27.2. The summed E-state index contributed by atoms with van der Waals surface area (Å²) in [7, 11) is 0. The van der Waals surface area contributed by atoms with Crippen molar-refractivity contribution in [3.8, 4) is 5.88 Å². The quantitative estimate of drug-likeness (QED) is 0.290. The van der Waals surface area contributed by atoms with Gasteiger partial charge in [0.25, 0.3) is 0 Å². The molecule has 1 fully saturated rings. The molecule has 3 rings (SSSR count). The fourth-order valence-corrected chi connectivity index (χ4v) is 4.22. The van der Waals surface area contributed by atoms with Crippen LogP contribution in [0.5, 0.6) is 5.88 Å². The summed E-state index contributed by atoms with van der Waals surface area (Å²) in [5, 5.41) is 5.67. The number of halogens is 1. The number of anilines is 1. The summed E-state index contributed by atoms with van der Waals surface area (Å²) in [6.07, 6.45) is 3.23. The van der Waals surface area contributed by atoms with Crippen LogP contribution in [-0.4, -0.2) is 79.7 Å². The summed E-state index contributed by atoms with van der Waals surface area (Å²) in [6, 6.07) is 14.1. The van der Waals surface area contributed by atoms with Crippen LogP contribution in [0.4, 0.5) is 10.2 Å². The highest BCUT2D eigenvalue weighted by molar-refractivity contribution is 5.88. The van der Waals surface area contributed by atoms with E-state index < -0.39 is 12.7 Å². The minimum Gasteiger partial charge on any atom is -0.475 e. The van der Waals surface area contributed by atoms with E-state index in [0.29, 0.717) is 63.7 Å². The van der Waals surface area contributed by atoms with Gasteiger partial charge < -0.3 is 25.2 Å². The molecule has 0 radical (unpaired) electrons. The van der Waals surface area contributed by atoms with Crippen molar-refractivity contribution >= 4 is 23.5 Å². The molecule has 1 atom stereocenters. The molecule has 1 aliphatic rings. The Morgan fingerprint density at radius 3 is 2.53 bits per heavy atom.